The van der Waals surface area contributed by atoms with Crippen molar-refractivity contribution in [2.45, 2.75) is 26.2 Å². The SMILES string of the molecule is CC(C)(C)c1ccc(/C=C2/N=C(SCC(=O)Nc3ccccc3F)N(c3ccccc3)C2=O)cc1. The first-order valence-corrected chi connectivity index (χ1v) is 12.2. The summed E-state index contributed by atoms with van der Waals surface area (Å²) in [4.78, 5) is 31.8. The van der Waals surface area contributed by atoms with Crippen molar-refractivity contribution in [1.82, 2.24) is 0 Å². The van der Waals surface area contributed by atoms with Gasteiger partial charge < -0.3 is 5.32 Å². The average molecular weight is 488 g/mol. The highest BCUT2D eigenvalue weighted by Crippen LogP contribution is 2.30. The van der Waals surface area contributed by atoms with Crippen LogP contribution in [0.4, 0.5) is 15.8 Å². The minimum Gasteiger partial charge on any atom is -0.323 e. The molecule has 0 bridgehead atoms. The Labute approximate surface area is 208 Å². The van der Waals surface area contributed by atoms with Crippen molar-refractivity contribution in [1.29, 1.82) is 0 Å². The number of halogens is 1. The number of para-hydroxylation sites is 2. The number of aliphatic imine (C=N–C) groups is 1. The van der Waals surface area contributed by atoms with E-state index in [0.29, 0.717) is 10.9 Å². The Morgan fingerprint density at radius 3 is 2.31 bits per heavy atom. The molecule has 0 radical (unpaired) electrons. The maximum absolute atomic E-state index is 13.9. The highest BCUT2D eigenvalue weighted by atomic mass is 32.2. The number of thioether (sulfide) groups is 1. The molecule has 4 rings (SSSR count). The number of carbonyl (C=O) groups excluding carboxylic acids is 2. The fraction of sp³-hybridized carbons (Fsp3) is 0.179. The van der Waals surface area contributed by atoms with Crippen LogP contribution in [0.3, 0.4) is 0 Å². The van der Waals surface area contributed by atoms with Crippen LogP contribution in [0.5, 0.6) is 0 Å². The van der Waals surface area contributed by atoms with Gasteiger partial charge in [0.05, 0.1) is 17.1 Å². The molecular formula is C28H26FN3O2S. The van der Waals surface area contributed by atoms with E-state index in [-0.39, 0.29) is 28.5 Å². The molecule has 3 aromatic rings. The van der Waals surface area contributed by atoms with E-state index in [9.17, 15) is 14.0 Å². The Hall–Kier alpha value is -3.71. The topological polar surface area (TPSA) is 61.8 Å². The molecule has 0 saturated carbocycles. The lowest BCUT2D eigenvalue weighted by Crippen LogP contribution is -2.31. The Bertz CT molecular complexity index is 1300. The van der Waals surface area contributed by atoms with Gasteiger partial charge in [0.2, 0.25) is 5.91 Å². The quantitative estimate of drug-likeness (QED) is 0.434. The number of carbonyl (C=O) groups is 2. The molecule has 0 atom stereocenters. The molecule has 0 aromatic heterocycles. The van der Waals surface area contributed by atoms with Gasteiger partial charge in [0, 0.05) is 0 Å². The highest BCUT2D eigenvalue weighted by molar-refractivity contribution is 8.14. The number of rotatable bonds is 5. The lowest BCUT2D eigenvalue weighted by atomic mass is 9.87. The van der Waals surface area contributed by atoms with Crippen molar-refractivity contribution in [3.8, 4) is 0 Å². The van der Waals surface area contributed by atoms with E-state index in [2.05, 4.69) is 31.1 Å². The largest absolute Gasteiger partial charge is 0.323 e. The minimum absolute atomic E-state index is 0.0304. The van der Waals surface area contributed by atoms with E-state index in [0.717, 1.165) is 17.3 Å². The third kappa shape index (κ3) is 5.87. The lowest BCUT2D eigenvalue weighted by Gasteiger charge is -2.18. The number of nitrogens with one attached hydrogen (secondary N) is 1. The van der Waals surface area contributed by atoms with Crippen LogP contribution in [0.1, 0.15) is 31.9 Å². The summed E-state index contributed by atoms with van der Waals surface area (Å²) in [6.45, 7) is 6.44. The normalized spacial score (nSPS) is 14.9. The van der Waals surface area contributed by atoms with Gasteiger partial charge in [-0.2, -0.15) is 0 Å². The van der Waals surface area contributed by atoms with Gasteiger partial charge in [-0.25, -0.2) is 9.38 Å². The average Bonchev–Trinajstić information content (AvgIpc) is 3.14. The number of hydrogen-bond donors (Lipinski definition) is 1. The molecule has 0 fully saturated rings. The molecule has 2 amide bonds. The third-order valence-corrected chi connectivity index (χ3v) is 6.34. The van der Waals surface area contributed by atoms with Crippen molar-refractivity contribution < 1.29 is 14.0 Å². The number of amides is 2. The van der Waals surface area contributed by atoms with Crippen molar-refractivity contribution in [2.24, 2.45) is 4.99 Å². The summed E-state index contributed by atoms with van der Waals surface area (Å²) < 4.78 is 13.9. The number of benzene rings is 3. The van der Waals surface area contributed by atoms with Crippen LogP contribution in [0.15, 0.2) is 89.6 Å². The zero-order chi connectivity index (χ0) is 25.0. The molecule has 7 heteroatoms. The minimum atomic E-state index is -0.507. The first kappa shape index (κ1) is 24.4. The summed E-state index contributed by atoms with van der Waals surface area (Å²) in [7, 11) is 0. The van der Waals surface area contributed by atoms with Gasteiger partial charge in [0.15, 0.2) is 5.17 Å². The van der Waals surface area contributed by atoms with Crippen LogP contribution in [0.25, 0.3) is 6.08 Å². The maximum atomic E-state index is 13.9. The summed E-state index contributed by atoms with van der Waals surface area (Å²) in [6.07, 6.45) is 1.75. The first-order valence-electron chi connectivity index (χ1n) is 11.2. The number of amidine groups is 1. The number of hydrogen-bond acceptors (Lipinski definition) is 4. The van der Waals surface area contributed by atoms with Crippen molar-refractivity contribution in [3.05, 3.63) is 102 Å². The Kier molecular flexibility index (Phi) is 7.17. The Morgan fingerprint density at radius 2 is 1.66 bits per heavy atom. The monoisotopic (exact) mass is 487 g/mol. The van der Waals surface area contributed by atoms with Gasteiger partial charge in [-0.3, -0.25) is 14.5 Å². The van der Waals surface area contributed by atoms with Gasteiger partial charge in [-0.05, 0) is 46.9 Å². The van der Waals surface area contributed by atoms with Gasteiger partial charge in [0.1, 0.15) is 11.5 Å². The molecule has 1 aliphatic heterocycles. The zero-order valence-electron chi connectivity index (χ0n) is 19.8. The summed E-state index contributed by atoms with van der Waals surface area (Å²) in [5.74, 6) is -1.20. The molecule has 3 aromatic carbocycles. The Morgan fingerprint density at radius 1 is 1.00 bits per heavy atom. The second-order valence-corrected chi connectivity index (χ2v) is 10.0. The summed E-state index contributed by atoms with van der Waals surface area (Å²) >= 11 is 1.12. The summed E-state index contributed by atoms with van der Waals surface area (Å²) in [6, 6.07) is 23.2. The molecule has 0 spiro atoms. The van der Waals surface area contributed by atoms with Crippen LogP contribution >= 0.6 is 11.8 Å². The van der Waals surface area contributed by atoms with Crippen LogP contribution in [-0.4, -0.2) is 22.7 Å². The van der Waals surface area contributed by atoms with Crippen molar-refractivity contribution in [3.63, 3.8) is 0 Å². The standard InChI is InChI=1S/C28H26FN3O2S/c1-28(2,3)20-15-13-19(14-16-20)17-24-26(34)32(21-9-5-4-6-10-21)27(31-24)35-18-25(33)30-23-12-8-7-11-22(23)29/h4-17H,18H2,1-3H3,(H,30,33)/b24-17+. The van der Waals surface area contributed by atoms with Crippen LogP contribution in [-0.2, 0) is 15.0 Å². The highest BCUT2D eigenvalue weighted by Gasteiger charge is 2.32. The van der Waals surface area contributed by atoms with Crippen LogP contribution in [0, 0.1) is 5.82 Å². The van der Waals surface area contributed by atoms with E-state index >= 15 is 0 Å². The molecule has 1 N–H and O–H groups in total. The predicted octanol–water partition coefficient (Wildman–Crippen LogP) is 6.24. The van der Waals surface area contributed by atoms with E-state index in [1.54, 1.807) is 18.2 Å². The fourth-order valence-corrected chi connectivity index (χ4v) is 4.33. The molecule has 1 heterocycles. The maximum Gasteiger partial charge on any atom is 0.283 e. The third-order valence-electron chi connectivity index (χ3n) is 5.40. The van der Waals surface area contributed by atoms with Crippen LogP contribution < -0.4 is 10.2 Å². The Balaban J connectivity index is 1.56. The number of nitrogens with zero attached hydrogens (tertiary/aromatic N) is 2. The summed E-state index contributed by atoms with van der Waals surface area (Å²) in [5.41, 5.74) is 3.15. The number of anilines is 2. The summed E-state index contributed by atoms with van der Waals surface area (Å²) in [5, 5.41) is 2.95. The van der Waals surface area contributed by atoms with E-state index in [1.165, 1.54) is 22.6 Å². The lowest BCUT2D eigenvalue weighted by molar-refractivity contribution is -0.114. The fourth-order valence-electron chi connectivity index (χ4n) is 3.51. The van der Waals surface area contributed by atoms with Crippen molar-refractivity contribution >= 4 is 46.2 Å². The van der Waals surface area contributed by atoms with E-state index < -0.39 is 11.7 Å². The van der Waals surface area contributed by atoms with Gasteiger partial charge in [-0.15, -0.1) is 0 Å². The van der Waals surface area contributed by atoms with Gasteiger partial charge in [0.25, 0.3) is 5.91 Å². The molecule has 5 nitrogen and oxygen atoms in total. The van der Waals surface area contributed by atoms with Crippen LogP contribution in [0.2, 0.25) is 0 Å². The smallest absolute Gasteiger partial charge is 0.283 e. The van der Waals surface area contributed by atoms with Gasteiger partial charge in [-0.1, -0.05) is 87.1 Å². The molecule has 0 aliphatic carbocycles. The molecule has 1 aliphatic rings. The zero-order valence-corrected chi connectivity index (χ0v) is 20.6. The molecular weight excluding hydrogens is 461 g/mol. The second-order valence-electron chi connectivity index (χ2n) is 9.09. The molecule has 0 saturated heterocycles. The van der Waals surface area contributed by atoms with E-state index in [4.69, 9.17) is 0 Å². The van der Waals surface area contributed by atoms with Crippen molar-refractivity contribution in [2.75, 3.05) is 16.0 Å². The second kappa shape index (κ2) is 10.3. The molecule has 178 valence electrons. The predicted molar refractivity (Wildman–Crippen MR) is 142 cm³/mol. The van der Waals surface area contributed by atoms with Gasteiger partial charge >= 0.3 is 0 Å². The molecule has 35 heavy (non-hydrogen) atoms. The first-order chi connectivity index (χ1) is 16.7. The van der Waals surface area contributed by atoms with E-state index in [1.807, 2.05) is 54.6 Å². The molecule has 0 unspecified atom stereocenters.